The van der Waals surface area contributed by atoms with Crippen molar-refractivity contribution in [3.63, 3.8) is 0 Å². The van der Waals surface area contributed by atoms with Crippen LogP contribution in [0.2, 0.25) is 0 Å². The largest absolute Gasteiger partial charge is 0.377 e. The Hall–Kier alpha value is -2.29. The monoisotopic (exact) mass is 402 g/mol. The molecule has 0 saturated carbocycles. The van der Waals surface area contributed by atoms with Gasteiger partial charge in [-0.05, 0) is 35.6 Å². The maximum atomic E-state index is 12.1. The summed E-state index contributed by atoms with van der Waals surface area (Å²) in [5, 5.41) is 12.0. The van der Waals surface area contributed by atoms with Crippen LogP contribution >= 0.6 is 23.6 Å². The summed E-state index contributed by atoms with van der Waals surface area (Å²) >= 11 is 6.87. The Kier molecular flexibility index (Phi) is 7.32. The van der Waals surface area contributed by atoms with Crippen molar-refractivity contribution in [2.24, 2.45) is 0 Å². The van der Waals surface area contributed by atoms with Gasteiger partial charge >= 0.3 is 0 Å². The third kappa shape index (κ3) is 5.85. The molecule has 0 spiro atoms. The summed E-state index contributed by atoms with van der Waals surface area (Å²) in [6.07, 6.45) is 1.14. The van der Waals surface area contributed by atoms with E-state index < -0.39 is 0 Å². The fourth-order valence-electron chi connectivity index (χ4n) is 2.59. The predicted octanol–water partition coefficient (Wildman–Crippen LogP) is 3.78. The van der Waals surface area contributed by atoms with E-state index in [1.807, 2.05) is 52.4 Å². The van der Waals surface area contributed by atoms with Crippen LogP contribution in [0.1, 0.15) is 18.4 Å². The zero-order chi connectivity index (χ0) is 18.9. The molecule has 0 aliphatic rings. The van der Waals surface area contributed by atoms with Crippen LogP contribution in [0.4, 0.5) is 0 Å². The lowest BCUT2D eigenvalue weighted by atomic mass is 10.2. The minimum atomic E-state index is -0.00158. The lowest BCUT2D eigenvalue weighted by Gasteiger charge is -2.08. The highest BCUT2D eigenvalue weighted by Crippen LogP contribution is 2.22. The standard InChI is InChI=1S/C19H22N4O2S2/c24-17(20-10-5-12-25-14-15-6-2-1-3-7-15)9-11-23-18(21-22-19(23)26)16-8-4-13-27-16/h1-4,6-8,13H,5,9-12,14H2,(H,20,24)(H,22,26). The van der Waals surface area contributed by atoms with Crippen molar-refractivity contribution in [2.75, 3.05) is 13.2 Å². The summed E-state index contributed by atoms with van der Waals surface area (Å²) in [5.41, 5.74) is 1.15. The van der Waals surface area contributed by atoms with Gasteiger partial charge in [0.1, 0.15) is 0 Å². The highest BCUT2D eigenvalue weighted by Gasteiger charge is 2.11. The molecule has 142 valence electrons. The van der Waals surface area contributed by atoms with Crippen LogP contribution in [0.25, 0.3) is 10.7 Å². The van der Waals surface area contributed by atoms with Gasteiger partial charge in [0.25, 0.3) is 0 Å². The second-order valence-corrected chi connectivity index (χ2v) is 7.31. The lowest BCUT2D eigenvalue weighted by Crippen LogP contribution is -2.26. The van der Waals surface area contributed by atoms with E-state index >= 15 is 0 Å². The second kappa shape index (κ2) is 10.1. The zero-order valence-electron chi connectivity index (χ0n) is 14.9. The van der Waals surface area contributed by atoms with Gasteiger partial charge in [-0.1, -0.05) is 36.4 Å². The number of carbonyl (C=O) groups excluding carboxylic acids is 1. The van der Waals surface area contributed by atoms with Gasteiger partial charge < -0.3 is 10.1 Å². The molecule has 0 saturated heterocycles. The first-order chi connectivity index (χ1) is 13.2. The number of aromatic amines is 1. The Labute approximate surface area is 167 Å². The van der Waals surface area contributed by atoms with E-state index in [9.17, 15) is 4.79 Å². The van der Waals surface area contributed by atoms with E-state index in [4.69, 9.17) is 17.0 Å². The molecule has 2 aromatic heterocycles. The predicted molar refractivity (Wildman–Crippen MR) is 109 cm³/mol. The van der Waals surface area contributed by atoms with E-state index in [1.165, 1.54) is 0 Å². The second-order valence-electron chi connectivity index (χ2n) is 5.97. The van der Waals surface area contributed by atoms with Gasteiger partial charge in [0, 0.05) is 26.1 Å². The van der Waals surface area contributed by atoms with Gasteiger partial charge in [-0.25, -0.2) is 0 Å². The molecule has 0 aliphatic carbocycles. The number of thiophene rings is 1. The van der Waals surface area contributed by atoms with Crippen molar-refractivity contribution in [1.82, 2.24) is 20.1 Å². The van der Waals surface area contributed by atoms with Gasteiger partial charge in [0.2, 0.25) is 5.91 Å². The summed E-state index contributed by atoms with van der Waals surface area (Å²) in [6, 6.07) is 14.0. The summed E-state index contributed by atoms with van der Waals surface area (Å²) < 4.78 is 8.01. The highest BCUT2D eigenvalue weighted by molar-refractivity contribution is 7.71. The molecule has 0 radical (unpaired) electrons. The van der Waals surface area contributed by atoms with Gasteiger partial charge in [0.15, 0.2) is 10.6 Å². The number of nitrogens with zero attached hydrogens (tertiary/aromatic N) is 2. The summed E-state index contributed by atoms with van der Waals surface area (Å²) in [7, 11) is 0. The van der Waals surface area contributed by atoms with Crippen LogP contribution in [0.5, 0.6) is 0 Å². The van der Waals surface area contributed by atoms with E-state index in [1.54, 1.807) is 11.3 Å². The minimum Gasteiger partial charge on any atom is -0.377 e. The first kappa shape index (κ1) is 19.5. The van der Waals surface area contributed by atoms with Gasteiger partial charge in [-0.2, -0.15) is 5.10 Å². The van der Waals surface area contributed by atoms with Crippen LogP contribution < -0.4 is 5.32 Å². The van der Waals surface area contributed by atoms with E-state index in [0.29, 0.717) is 37.5 Å². The Morgan fingerprint density at radius 2 is 2.11 bits per heavy atom. The Morgan fingerprint density at radius 3 is 2.89 bits per heavy atom. The van der Waals surface area contributed by atoms with E-state index in [2.05, 4.69) is 15.5 Å². The molecule has 0 unspecified atom stereocenters. The molecule has 3 aromatic rings. The Morgan fingerprint density at radius 1 is 1.26 bits per heavy atom. The van der Waals surface area contributed by atoms with E-state index in [-0.39, 0.29) is 5.91 Å². The number of benzene rings is 1. The number of hydrogen-bond donors (Lipinski definition) is 2. The average molecular weight is 403 g/mol. The van der Waals surface area contributed by atoms with Gasteiger partial charge in [0.05, 0.1) is 11.5 Å². The van der Waals surface area contributed by atoms with Crippen molar-refractivity contribution >= 4 is 29.5 Å². The number of aromatic nitrogens is 3. The zero-order valence-corrected chi connectivity index (χ0v) is 16.5. The maximum absolute atomic E-state index is 12.1. The van der Waals surface area contributed by atoms with Gasteiger partial charge in [-0.15, -0.1) is 11.3 Å². The van der Waals surface area contributed by atoms with Crippen LogP contribution in [0.15, 0.2) is 47.8 Å². The third-order valence-electron chi connectivity index (χ3n) is 3.96. The first-order valence-electron chi connectivity index (χ1n) is 8.81. The first-order valence-corrected chi connectivity index (χ1v) is 10.1. The van der Waals surface area contributed by atoms with Gasteiger partial charge in [-0.3, -0.25) is 14.5 Å². The van der Waals surface area contributed by atoms with Crippen LogP contribution in [0.3, 0.4) is 0 Å². The number of nitrogens with one attached hydrogen (secondary N) is 2. The van der Waals surface area contributed by atoms with Crippen molar-refractivity contribution in [1.29, 1.82) is 0 Å². The molecule has 0 fully saturated rings. The molecule has 8 heteroatoms. The minimum absolute atomic E-state index is 0.00158. The van der Waals surface area contributed by atoms with Crippen LogP contribution in [-0.4, -0.2) is 33.8 Å². The number of rotatable bonds is 10. The molecular formula is C19H22N4O2S2. The molecule has 1 amide bonds. The normalized spacial score (nSPS) is 10.8. The molecule has 0 atom stereocenters. The SMILES string of the molecule is O=C(CCn1c(-c2cccs2)n[nH]c1=S)NCCCOCc1ccccc1. The molecule has 0 aliphatic heterocycles. The smallest absolute Gasteiger partial charge is 0.221 e. The average Bonchev–Trinajstić information content (AvgIpc) is 3.33. The fraction of sp³-hybridized carbons (Fsp3) is 0.316. The topological polar surface area (TPSA) is 71.9 Å². The van der Waals surface area contributed by atoms with Crippen LogP contribution in [-0.2, 0) is 22.7 Å². The number of hydrogen-bond acceptors (Lipinski definition) is 5. The van der Waals surface area contributed by atoms with Crippen molar-refractivity contribution in [3.8, 4) is 10.7 Å². The number of H-pyrrole nitrogens is 1. The highest BCUT2D eigenvalue weighted by atomic mass is 32.1. The maximum Gasteiger partial charge on any atom is 0.221 e. The molecule has 27 heavy (non-hydrogen) atoms. The number of carbonyl (C=O) groups is 1. The summed E-state index contributed by atoms with van der Waals surface area (Å²) in [6.45, 7) is 2.31. The molecule has 6 nitrogen and oxygen atoms in total. The molecule has 1 aromatic carbocycles. The van der Waals surface area contributed by atoms with Crippen molar-refractivity contribution < 1.29 is 9.53 Å². The van der Waals surface area contributed by atoms with Crippen molar-refractivity contribution in [3.05, 3.63) is 58.2 Å². The molecule has 0 bridgehead atoms. The van der Waals surface area contributed by atoms with Crippen molar-refractivity contribution in [2.45, 2.75) is 26.0 Å². The summed E-state index contributed by atoms with van der Waals surface area (Å²) in [5.74, 6) is 0.774. The molecule has 2 N–H and O–H groups in total. The molecular weight excluding hydrogens is 380 g/mol. The number of amides is 1. The fourth-order valence-corrected chi connectivity index (χ4v) is 3.53. The molecule has 3 rings (SSSR count). The lowest BCUT2D eigenvalue weighted by molar-refractivity contribution is -0.121. The Balaban J connectivity index is 1.35. The van der Waals surface area contributed by atoms with Crippen LogP contribution in [0, 0.1) is 4.77 Å². The number of ether oxygens (including phenoxy) is 1. The molecule has 2 heterocycles. The quantitative estimate of drug-likeness (QED) is 0.400. The van der Waals surface area contributed by atoms with E-state index in [0.717, 1.165) is 22.7 Å². The third-order valence-corrected chi connectivity index (χ3v) is 5.14. The summed E-state index contributed by atoms with van der Waals surface area (Å²) in [4.78, 5) is 13.1. The Bertz CT molecular complexity index is 888.